The van der Waals surface area contributed by atoms with Gasteiger partial charge in [-0.1, -0.05) is 6.58 Å². The van der Waals surface area contributed by atoms with Gasteiger partial charge < -0.3 is 14.5 Å². The highest BCUT2D eigenvalue weighted by molar-refractivity contribution is 5.76. The molecule has 7 heteroatoms. The number of fused-ring (bicyclic) bond motifs is 4. The van der Waals surface area contributed by atoms with E-state index >= 15 is 0 Å². The number of nitrogens with one attached hydrogen (secondary N) is 1. The van der Waals surface area contributed by atoms with Crippen molar-refractivity contribution in [3.63, 3.8) is 0 Å². The summed E-state index contributed by atoms with van der Waals surface area (Å²) >= 11 is 0. The van der Waals surface area contributed by atoms with Crippen LogP contribution in [0, 0.1) is 0 Å². The zero-order valence-electron chi connectivity index (χ0n) is 15.5. The van der Waals surface area contributed by atoms with Gasteiger partial charge in [0.15, 0.2) is 0 Å². The van der Waals surface area contributed by atoms with E-state index in [-0.39, 0.29) is 17.9 Å². The van der Waals surface area contributed by atoms with Crippen LogP contribution in [0.4, 0.5) is 13.2 Å². The molecule has 148 valence electrons. The van der Waals surface area contributed by atoms with Crippen molar-refractivity contribution in [3.05, 3.63) is 77.8 Å². The van der Waals surface area contributed by atoms with E-state index in [1.54, 1.807) is 6.08 Å². The zero-order chi connectivity index (χ0) is 20.3. The van der Waals surface area contributed by atoms with Crippen molar-refractivity contribution in [2.24, 2.45) is 0 Å². The number of rotatable bonds is 4. The van der Waals surface area contributed by atoms with Crippen LogP contribution in [0.3, 0.4) is 0 Å². The largest absolute Gasteiger partial charge is 0.489 e. The Bertz CT molecular complexity index is 1160. The second-order valence-electron chi connectivity index (χ2n) is 7.18. The molecule has 4 nitrogen and oxygen atoms in total. The molecule has 1 aromatic heterocycles. The third kappa shape index (κ3) is 2.88. The number of H-pyrrole nitrogens is 1. The summed E-state index contributed by atoms with van der Waals surface area (Å²) in [6, 6.07) is 9.19. The Morgan fingerprint density at radius 3 is 2.76 bits per heavy atom. The Morgan fingerprint density at radius 1 is 1.21 bits per heavy atom. The highest BCUT2D eigenvalue weighted by atomic mass is 19.4. The van der Waals surface area contributed by atoms with Crippen molar-refractivity contribution >= 4 is 11.0 Å². The molecule has 3 atom stereocenters. The van der Waals surface area contributed by atoms with Crippen molar-refractivity contribution in [1.82, 2.24) is 9.97 Å². The molecular weight excluding hydrogens is 381 g/mol. The van der Waals surface area contributed by atoms with Gasteiger partial charge in [-0.05, 0) is 55.5 Å². The Morgan fingerprint density at radius 2 is 2.03 bits per heavy atom. The van der Waals surface area contributed by atoms with Gasteiger partial charge in [0, 0.05) is 11.5 Å². The molecule has 3 unspecified atom stereocenters. The first-order chi connectivity index (χ1) is 13.9. The normalized spacial score (nSPS) is 22.8. The number of hydrogen-bond donors (Lipinski definition) is 1. The molecule has 0 bridgehead atoms. The molecular formula is C22H17F3N2O2. The maximum atomic E-state index is 12.9. The summed E-state index contributed by atoms with van der Waals surface area (Å²) in [6.07, 6.45) is -0.992. The minimum Gasteiger partial charge on any atom is -0.489 e. The maximum Gasteiger partial charge on any atom is 0.416 e. The molecule has 0 saturated heterocycles. The van der Waals surface area contributed by atoms with Crippen LogP contribution in [0.2, 0.25) is 0 Å². The molecule has 29 heavy (non-hydrogen) atoms. The SMILES string of the molecule is C=CC(=CC)Oc1ccc2c(c1)C1C(O2)C1c1nc2ccc(C(F)(F)F)cc2[nH]1. The topological polar surface area (TPSA) is 47.1 Å². The summed E-state index contributed by atoms with van der Waals surface area (Å²) in [4.78, 5) is 7.54. The fraction of sp³-hybridized carbons (Fsp3) is 0.227. The first kappa shape index (κ1) is 17.8. The van der Waals surface area contributed by atoms with Crippen LogP contribution < -0.4 is 9.47 Å². The van der Waals surface area contributed by atoms with Crippen molar-refractivity contribution in [3.8, 4) is 11.5 Å². The molecule has 2 heterocycles. The molecule has 0 radical (unpaired) electrons. The molecule has 1 fully saturated rings. The van der Waals surface area contributed by atoms with Gasteiger partial charge in [0.05, 0.1) is 22.5 Å². The summed E-state index contributed by atoms with van der Waals surface area (Å²) in [6.45, 7) is 5.58. The minimum atomic E-state index is -4.38. The van der Waals surface area contributed by atoms with Crippen molar-refractivity contribution in [1.29, 1.82) is 0 Å². The summed E-state index contributed by atoms with van der Waals surface area (Å²) in [5, 5.41) is 0. The van der Waals surface area contributed by atoms with Crippen molar-refractivity contribution < 1.29 is 22.6 Å². The second-order valence-corrected chi connectivity index (χ2v) is 7.18. The summed E-state index contributed by atoms with van der Waals surface area (Å²) in [5.41, 5.74) is 1.22. The molecule has 1 N–H and O–H groups in total. The van der Waals surface area contributed by atoms with Crippen LogP contribution in [-0.2, 0) is 6.18 Å². The Kier molecular flexibility index (Phi) is 3.78. The van der Waals surface area contributed by atoms with Crippen LogP contribution in [0.5, 0.6) is 11.5 Å². The fourth-order valence-corrected chi connectivity index (χ4v) is 3.95. The Balaban J connectivity index is 1.43. The van der Waals surface area contributed by atoms with E-state index in [4.69, 9.17) is 9.47 Å². The van der Waals surface area contributed by atoms with E-state index in [0.29, 0.717) is 28.4 Å². The van der Waals surface area contributed by atoms with E-state index in [1.165, 1.54) is 6.07 Å². The van der Waals surface area contributed by atoms with Gasteiger partial charge >= 0.3 is 6.18 Å². The lowest BCUT2D eigenvalue weighted by atomic mass is 10.1. The molecule has 3 aromatic rings. The van der Waals surface area contributed by atoms with Crippen LogP contribution in [0.15, 0.2) is 60.9 Å². The number of aromatic nitrogens is 2. The average Bonchev–Trinajstić information content (AvgIpc) is 3.06. The van der Waals surface area contributed by atoms with E-state index in [9.17, 15) is 13.2 Å². The van der Waals surface area contributed by atoms with Crippen LogP contribution in [0.1, 0.15) is 35.7 Å². The molecule has 1 aliphatic heterocycles. The Hall–Kier alpha value is -3.22. The number of hydrogen-bond acceptors (Lipinski definition) is 3. The number of benzene rings is 2. The van der Waals surface area contributed by atoms with Gasteiger partial charge in [0.1, 0.15) is 29.2 Å². The second kappa shape index (κ2) is 6.14. The molecule has 2 aliphatic rings. The lowest BCUT2D eigenvalue weighted by Gasteiger charge is -2.10. The smallest absolute Gasteiger partial charge is 0.416 e. The van der Waals surface area contributed by atoms with E-state index in [0.717, 1.165) is 23.4 Å². The predicted octanol–water partition coefficient (Wildman–Crippen LogP) is 5.69. The summed E-state index contributed by atoms with van der Waals surface area (Å²) in [5.74, 6) is 2.89. The minimum absolute atomic E-state index is 0.0138. The molecule has 1 aliphatic carbocycles. The quantitative estimate of drug-likeness (QED) is 0.454. The van der Waals surface area contributed by atoms with E-state index < -0.39 is 11.7 Å². The van der Waals surface area contributed by atoms with Crippen molar-refractivity contribution in [2.75, 3.05) is 0 Å². The van der Waals surface area contributed by atoms with Crippen LogP contribution >= 0.6 is 0 Å². The van der Waals surface area contributed by atoms with E-state index in [1.807, 2.05) is 31.2 Å². The number of ether oxygens (including phenoxy) is 2. The monoisotopic (exact) mass is 398 g/mol. The van der Waals surface area contributed by atoms with E-state index in [2.05, 4.69) is 16.5 Å². The van der Waals surface area contributed by atoms with Gasteiger partial charge in [-0.2, -0.15) is 13.2 Å². The third-order valence-electron chi connectivity index (χ3n) is 5.42. The molecule has 2 aromatic carbocycles. The number of halogens is 3. The molecule has 1 saturated carbocycles. The molecule has 0 spiro atoms. The maximum absolute atomic E-state index is 12.9. The van der Waals surface area contributed by atoms with Gasteiger partial charge in [-0.3, -0.25) is 0 Å². The van der Waals surface area contributed by atoms with Gasteiger partial charge in [0.2, 0.25) is 0 Å². The number of alkyl halides is 3. The number of aromatic amines is 1. The first-order valence-electron chi connectivity index (χ1n) is 9.23. The number of nitrogens with zero attached hydrogens (tertiary/aromatic N) is 1. The lowest BCUT2D eigenvalue weighted by Crippen LogP contribution is -2.04. The van der Waals surface area contributed by atoms with Gasteiger partial charge in [-0.15, -0.1) is 0 Å². The fourth-order valence-electron chi connectivity index (χ4n) is 3.95. The number of imidazole rings is 1. The zero-order valence-corrected chi connectivity index (χ0v) is 15.5. The van der Waals surface area contributed by atoms with Crippen LogP contribution in [-0.4, -0.2) is 16.1 Å². The van der Waals surface area contributed by atoms with Crippen molar-refractivity contribution in [2.45, 2.75) is 31.0 Å². The third-order valence-corrected chi connectivity index (χ3v) is 5.42. The highest BCUT2D eigenvalue weighted by Crippen LogP contribution is 2.63. The van der Waals surface area contributed by atoms with Gasteiger partial charge in [-0.25, -0.2) is 4.98 Å². The summed E-state index contributed by atoms with van der Waals surface area (Å²) < 4.78 is 50.7. The predicted molar refractivity (Wildman–Crippen MR) is 102 cm³/mol. The Labute approximate surface area is 164 Å². The van der Waals surface area contributed by atoms with Gasteiger partial charge in [0.25, 0.3) is 0 Å². The van der Waals surface area contributed by atoms with Crippen LogP contribution in [0.25, 0.3) is 11.0 Å². The molecule has 0 amide bonds. The number of allylic oxidation sites excluding steroid dienone is 2. The molecule has 5 rings (SSSR count). The summed E-state index contributed by atoms with van der Waals surface area (Å²) in [7, 11) is 0. The average molecular weight is 398 g/mol. The standard InChI is InChI=1S/C22H17F3N2O2/c1-3-12(4-2)28-13-6-8-17-14(10-13)18-19(20(18)29-17)21-26-15-7-5-11(22(23,24)25)9-16(15)27-21/h3-10,18-20H,1H2,2H3,(H,26,27). The lowest BCUT2D eigenvalue weighted by molar-refractivity contribution is -0.137. The first-order valence-corrected chi connectivity index (χ1v) is 9.23. The highest BCUT2D eigenvalue weighted by Gasteiger charge is 2.61.